The molecule has 1 atom stereocenters. The van der Waals surface area contributed by atoms with Crippen molar-refractivity contribution in [1.82, 2.24) is 10.1 Å². The summed E-state index contributed by atoms with van der Waals surface area (Å²) >= 11 is 0. The Morgan fingerprint density at radius 1 is 1.22 bits per heavy atom. The minimum absolute atomic E-state index is 0.187. The topological polar surface area (TPSA) is 105 Å². The number of rotatable bonds is 3. The van der Waals surface area contributed by atoms with Gasteiger partial charge in [0.2, 0.25) is 11.7 Å². The van der Waals surface area contributed by atoms with E-state index in [0.29, 0.717) is 17.3 Å². The van der Waals surface area contributed by atoms with Gasteiger partial charge in [0.25, 0.3) is 0 Å². The van der Waals surface area contributed by atoms with E-state index in [1.807, 2.05) is 13.8 Å². The van der Waals surface area contributed by atoms with Crippen LogP contribution in [0.3, 0.4) is 0 Å². The van der Waals surface area contributed by atoms with Crippen molar-refractivity contribution in [2.45, 2.75) is 19.9 Å². The summed E-state index contributed by atoms with van der Waals surface area (Å²) in [5.41, 5.74) is 6.45. The SMILES string of the molecule is CC(C)[C@H](N)c1nc(-c2ccc(O)c(O)c2)no1. The van der Waals surface area contributed by atoms with E-state index in [1.54, 1.807) is 6.07 Å². The molecule has 0 saturated carbocycles. The molecule has 6 nitrogen and oxygen atoms in total. The average Bonchev–Trinajstić information content (AvgIpc) is 2.81. The fourth-order valence-corrected chi connectivity index (χ4v) is 1.44. The van der Waals surface area contributed by atoms with E-state index in [0.717, 1.165) is 0 Å². The second-order valence-electron chi connectivity index (χ2n) is 4.43. The average molecular weight is 249 g/mol. The van der Waals surface area contributed by atoms with Gasteiger partial charge in [0.05, 0.1) is 6.04 Å². The van der Waals surface area contributed by atoms with Crippen molar-refractivity contribution in [3.63, 3.8) is 0 Å². The van der Waals surface area contributed by atoms with Crippen LogP contribution in [-0.4, -0.2) is 20.4 Å². The van der Waals surface area contributed by atoms with Gasteiger partial charge in [-0.15, -0.1) is 0 Å². The Kier molecular flexibility index (Phi) is 3.20. The van der Waals surface area contributed by atoms with Crippen molar-refractivity contribution >= 4 is 0 Å². The van der Waals surface area contributed by atoms with Gasteiger partial charge >= 0.3 is 0 Å². The highest BCUT2D eigenvalue weighted by Crippen LogP contribution is 2.29. The first-order chi connectivity index (χ1) is 8.49. The molecule has 0 amide bonds. The molecule has 18 heavy (non-hydrogen) atoms. The summed E-state index contributed by atoms with van der Waals surface area (Å²) in [6.07, 6.45) is 0. The molecular weight excluding hydrogens is 234 g/mol. The summed E-state index contributed by atoms with van der Waals surface area (Å²) < 4.78 is 5.08. The van der Waals surface area contributed by atoms with Crippen LogP contribution in [0.1, 0.15) is 25.8 Å². The molecule has 96 valence electrons. The van der Waals surface area contributed by atoms with Gasteiger partial charge in [-0.05, 0) is 24.1 Å². The van der Waals surface area contributed by atoms with Crippen molar-refractivity contribution in [1.29, 1.82) is 0 Å². The highest BCUT2D eigenvalue weighted by Gasteiger charge is 2.19. The molecule has 0 aliphatic heterocycles. The third kappa shape index (κ3) is 2.28. The predicted molar refractivity (Wildman–Crippen MR) is 64.8 cm³/mol. The number of hydrogen-bond donors (Lipinski definition) is 3. The summed E-state index contributed by atoms with van der Waals surface area (Å²) in [7, 11) is 0. The number of aromatic hydroxyl groups is 2. The molecule has 0 radical (unpaired) electrons. The zero-order valence-corrected chi connectivity index (χ0v) is 10.2. The third-order valence-corrected chi connectivity index (χ3v) is 2.68. The summed E-state index contributed by atoms with van der Waals surface area (Å²) in [5.74, 6) is 0.448. The van der Waals surface area contributed by atoms with Gasteiger partial charge in [0.15, 0.2) is 11.5 Å². The van der Waals surface area contributed by atoms with Gasteiger partial charge in [-0.25, -0.2) is 0 Å². The van der Waals surface area contributed by atoms with Crippen LogP contribution in [-0.2, 0) is 0 Å². The normalized spacial score (nSPS) is 12.9. The molecule has 4 N–H and O–H groups in total. The van der Waals surface area contributed by atoms with E-state index in [2.05, 4.69) is 10.1 Å². The monoisotopic (exact) mass is 249 g/mol. The van der Waals surface area contributed by atoms with Gasteiger partial charge in [-0.3, -0.25) is 0 Å². The molecule has 1 aromatic carbocycles. The number of phenols is 2. The number of hydrogen-bond acceptors (Lipinski definition) is 6. The lowest BCUT2D eigenvalue weighted by Crippen LogP contribution is -2.16. The maximum atomic E-state index is 9.40. The molecule has 0 spiro atoms. The van der Waals surface area contributed by atoms with E-state index >= 15 is 0 Å². The molecule has 1 heterocycles. The smallest absolute Gasteiger partial charge is 0.244 e. The van der Waals surface area contributed by atoms with Gasteiger partial charge < -0.3 is 20.5 Å². The largest absolute Gasteiger partial charge is 0.504 e. The first-order valence-electron chi connectivity index (χ1n) is 5.60. The Morgan fingerprint density at radius 3 is 2.56 bits per heavy atom. The van der Waals surface area contributed by atoms with Crippen molar-refractivity contribution < 1.29 is 14.7 Å². The van der Waals surface area contributed by atoms with E-state index in [-0.39, 0.29) is 23.5 Å². The summed E-state index contributed by atoms with van der Waals surface area (Å²) in [6, 6.07) is 4.00. The molecule has 6 heteroatoms. The Bertz CT molecular complexity index is 551. The molecular formula is C12H15N3O3. The van der Waals surface area contributed by atoms with Crippen LogP contribution in [0, 0.1) is 5.92 Å². The number of nitrogens with two attached hydrogens (primary N) is 1. The quantitative estimate of drug-likeness (QED) is 0.716. The fourth-order valence-electron chi connectivity index (χ4n) is 1.44. The molecule has 2 aromatic rings. The Labute approximate surface area is 104 Å². The molecule has 0 unspecified atom stereocenters. The van der Waals surface area contributed by atoms with Gasteiger partial charge in [0, 0.05) is 5.56 Å². The van der Waals surface area contributed by atoms with Gasteiger partial charge in [0.1, 0.15) is 0 Å². The van der Waals surface area contributed by atoms with E-state index in [9.17, 15) is 10.2 Å². The molecule has 0 aliphatic carbocycles. The summed E-state index contributed by atoms with van der Waals surface area (Å²) in [6.45, 7) is 3.92. The molecule has 0 saturated heterocycles. The molecule has 0 fully saturated rings. The first kappa shape index (κ1) is 12.4. The number of aromatic nitrogens is 2. The summed E-state index contributed by atoms with van der Waals surface area (Å²) in [4.78, 5) is 4.18. The molecule has 0 bridgehead atoms. The van der Waals surface area contributed by atoms with Crippen LogP contribution >= 0.6 is 0 Å². The lowest BCUT2D eigenvalue weighted by molar-refractivity contribution is 0.325. The Hall–Kier alpha value is -2.08. The second kappa shape index (κ2) is 4.66. The number of nitrogens with zero attached hydrogens (tertiary/aromatic N) is 2. The van der Waals surface area contributed by atoms with Gasteiger partial charge in [-0.2, -0.15) is 4.98 Å². The van der Waals surface area contributed by atoms with E-state index < -0.39 is 0 Å². The third-order valence-electron chi connectivity index (χ3n) is 2.68. The standard InChI is InChI=1S/C12H15N3O3/c1-6(2)10(13)12-14-11(15-18-12)7-3-4-8(16)9(17)5-7/h3-6,10,16-17H,13H2,1-2H3/t10-/m0/s1. The zero-order valence-electron chi connectivity index (χ0n) is 10.2. The highest BCUT2D eigenvalue weighted by molar-refractivity contribution is 5.59. The lowest BCUT2D eigenvalue weighted by atomic mass is 10.1. The van der Waals surface area contributed by atoms with Crippen LogP contribution in [0.15, 0.2) is 22.7 Å². The highest BCUT2D eigenvalue weighted by atomic mass is 16.5. The molecule has 1 aromatic heterocycles. The van der Waals surface area contributed by atoms with E-state index in [4.69, 9.17) is 10.3 Å². The summed E-state index contributed by atoms with van der Waals surface area (Å²) in [5, 5.41) is 22.4. The zero-order chi connectivity index (χ0) is 13.3. The number of benzene rings is 1. The van der Waals surface area contributed by atoms with Crippen molar-refractivity contribution in [2.75, 3.05) is 0 Å². The number of phenolic OH excluding ortho intramolecular Hbond substituents is 2. The second-order valence-corrected chi connectivity index (χ2v) is 4.43. The van der Waals surface area contributed by atoms with Crippen LogP contribution in [0.25, 0.3) is 11.4 Å². The van der Waals surface area contributed by atoms with Crippen LogP contribution in [0.4, 0.5) is 0 Å². The van der Waals surface area contributed by atoms with Crippen LogP contribution in [0.5, 0.6) is 11.5 Å². The fraction of sp³-hybridized carbons (Fsp3) is 0.333. The first-order valence-corrected chi connectivity index (χ1v) is 5.60. The van der Waals surface area contributed by atoms with Crippen LogP contribution in [0.2, 0.25) is 0 Å². The molecule has 2 rings (SSSR count). The molecule has 0 aliphatic rings. The van der Waals surface area contributed by atoms with Gasteiger partial charge in [-0.1, -0.05) is 19.0 Å². The Morgan fingerprint density at radius 2 is 1.94 bits per heavy atom. The van der Waals surface area contributed by atoms with Crippen molar-refractivity contribution in [2.24, 2.45) is 11.7 Å². The maximum Gasteiger partial charge on any atom is 0.244 e. The van der Waals surface area contributed by atoms with Crippen molar-refractivity contribution in [3.05, 3.63) is 24.1 Å². The predicted octanol–water partition coefficient (Wildman–Crippen LogP) is 1.80. The minimum Gasteiger partial charge on any atom is -0.504 e. The minimum atomic E-state index is -0.322. The van der Waals surface area contributed by atoms with Crippen LogP contribution < -0.4 is 5.73 Å². The Balaban J connectivity index is 2.32. The lowest BCUT2D eigenvalue weighted by Gasteiger charge is -2.09. The van der Waals surface area contributed by atoms with E-state index in [1.165, 1.54) is 12.1 Å². The van der Waals surface area contributed by atoms with Crippen molar-refractivity contribution in [3.8, 4) is 22.9 Å². The maximum absolute atomic E-state index is 9.40.